The Balaban J connectivity index is 1.52. The number of rotatable bonds is 8. The molecule has 0 fully saturated rings. The number of quaternary nitrogens is 2. The second-order valence-corrected chi connectivity index (χ2v) is 7.61. The molecule has 2 nitrogen and oxygen atoms in total. The highest BCUT2D eigenvalue weighted by atomic mass is 19.1. The van der Waals surface area contributed by atoms with Crippen LogP contribution in [0.2, 0.25) is 0 Å². The van der Waals surface area contributed by atoms with E-state index in [0.29, 0.717) is 24.2 Å². The van der Waals surface area contributed by atoms with Gasteiger partial charge in [0.2, 0.25) is 0 Å². The lowest BCUT2D eigenvalue weighted by molar-refractivity contribution is -0.708. The fourth-order valence-corrected chi connectivity index (χ4v) is 3.43. The standard InChI is InChI=1S/C24H24F4N2/c1-15(21-9-7-19(25)11-23(21)27)29-13-17-3-5-18(6-4-17)14-30-16(2)22-10-8-20(26)12-24(22)28/h3-12,15-16,29-30H,13-14H2,1-2H3/p+2/t15-,16+. The van der Waals surface area contributed by atoms with Crippen molar-refractivity contribution in [1.29, 1.82) is 0 Å². The lowest BCUT2D eigenvalue weighted by Crippen LogP contribution is -2.83. The number of benzene rings is 3. The number of nitrogens with two attached hydrogens (primary N) is 2. The molecule has 2 atom stereocenters. The van der Waals surface area contributed by atoms with Crippen LogP contribution in [-0.4, -0.2) is 0 Å². The Hall–Kier alpha value is -2.70. The van der Waals surface area contributed by atoms with Crippen LogP contribution in [0.5, 0.6) is 0 Å². The summed E-state index contributed by atoms with van der Waals surface area (Å²) in [6.45, 7) is 5.10. The maximum atomic E-state index is 13.9. The van der Waals surface area contributed by atoms with Crippen molar-refractivity contribution in [3.63, 3.8) is 0 Å². The van der Waals surface area contributed by atoms with E-state index in [4.69, 9.17) is 0 Å². The van der Waals surface area contributed by atoms with Gasteiger partial charge in [0.1, 0.15) is 48.4 Å². The summed E-state index contributed by atoms with van der Waals surface area (Å²) in [6.07, 6.45) is 0. The van der Waals surface area contributed by atoms with Crippen LogP contribution in [0.25, 0.3) is 0 Å². The van der Waals surface area contributed by atoms with E-state index in [0.717, 1.165) is 23.3 Å². The minimum atomic E-state index is -0.577. The molecule has 0 heterocycles. The molecule has 0 saturated heterocycles. The molecule has 0 radical (unpaired) electrons. The van der Waals surface area contributed by atoms with E-state index < -0.39 is 23.3 Å². The highest BCUT2D eigenvalue weighted by Crippen LogP contribution is 2.16. The van der Waals surface area contributed by atoms with Gasteiger partial charge < -0.3 is 10.6 Å². The Bertz CT molecular complexity index is 908. The fourth-order valence-electron chi connectivity index (χ4n) is 3.43. The summed E-state index contributed by atoms with van der Waals surface area (Å²) in [7, 11) is 0. The summed E-state index contributed by atoms with van der Waals surface area (Å²) in [4.78, 5) is 0. The first kappa shape index (κ1) is 22.0. The van der Waals surface area contributed by atoms with Gasteiger partial charge in [-0.05, 0) is 38.1 Å². The molecule has 0 saturated carbocycles. The third kappa shape index (κ3) is 5.68. The molecule has 0 bridgehead atoms. The summed E-state index contributed by atoms with van der Waals surface area (Å²) in [6, 6.07) is 15.1. The minimum absolute atomic E-state index is 0.134. The first-order valence-corrected chi connectivity index (χ1v) is 9.98. The zero-order valence-electron chi connectivity index (χ0n) is 17.0. The van der Waals surface area contributed by atoms with Crippen LogP contribution < -0.4 is 10.6 Å². The molecule has 0 unspecified atom stereocenters. The first-order chi connectivity index (χ1) is 14.3. The van der Waals surface area contributed by atoms with Crippen LogP contribution in [0.4, 0.5) is 17.6 Å². The van der Waals surface area contributed by atoms with E-state index in [1.807, 2.05) is 48.7 Å². The van der Waals surface area contributed by atoms with Gasteiger partial charge >= 0.3 is 0 Å². The molecule has 3 aromatic carbocycles. The van der Waals surface area contributed by atoms with Crippen molar-refractivity contribution in [2.45, 2.75) is 39.0 Å². The highest BCUT2D eigenvalue weighted by Gasteiger charge is 2.16. The van der Waals surface area contributed by atoms with Crippen LogP contribution in [0.1, 0.15) is 48.2 Å². The van der Waals surface area contributed by atoms with Gasteiger partial charge in [-0.15, -0.1) is 0 Å². The van der Waals surface area contributed by atoms with Crippen molar-refractivity contribution in [2.75, 3.05) is 0 Å². The van der Waals surface area contributed by atoms with Gasteiger partial charge in [0.25, 0.3) is 0 Å². The maximum absolute atomic E-state index is 13.9. The number of hydrogen-bond donors (Lipinski definition) is 2. The molecule has 0 aliphatic heterocycles. The molecule has 30 heavy (non-hydrogen) atoms. The molecule has 4 N–H and O–H groups in total. The smallest absolute Gasteiger partial charge is 0.135 e. The summed E-state index contributed by atoms with van der Waals surface area (Å²) in [5.74, 6) is -2.22. The predicted octanol–water partition coefficient (Wildman–Crippen LogP) is 3.89. The Morgan fingerprint density at radius 2 is 0.967 bits per heavy atom. The molecule has 0 spiro atoms. The van der Waals surface area contributed by atoms with Crippen LogP contribution in [-0.2, 0) is 13.1 Å². The Morgan fingerprint density at radius 1 is 0.600 bits per heavy atom. The monoisotopic (exact) mass is 418 g/mol. The first-order valence-electron chi connectivity index (χ1n) is 9.98. The largest absolute Gasteiger partial charge is 0.336 e. The van der Waals surface area contributed by atoms with Crippen molar-refractivity contribution in [1.82, 2.24) is 0 Å². The topological polar surface area (TPSA) is 33.2 Å². The average molecular weight is 418 g/mol. The molecule has 3 aromatic rings. The second kappa shape index (κ2) is 9.87. The van der Waals surface area contributed by atoms with E-state index >= 15 is 0 Å². The lowest BCUT2D eigenvalue weighted by atomic mass is 10.1. The SMILES string of the molecule is C[C@H]([NH2+]Cc1ccc(C[NH2+][C@H](C)c2ccc(F)cc2F)cc1)c1ccc(F)cc1F. The average Bonchev–Trinajstić information content (AvgIpc) is 2.71. The van der Waals surface area contributed by atoms with Crippen LogP contribution in [0.15, 0.2) is 60.7 Å². The molecule has 0 aliphatic rings. The van der Waals surface area contributed by atoms with Gasteiger partial charge in [-0.2, -0.15) is 0 Å². The maximum Gasteiger partial charge on any atom is 0.135 e. The normalized spacial score (nSPS) is 13.3. The zero-order valence-corrected chi connectivity index (χ0v) is 17.0. The third-order valence-corrected chi connectivity index (χ3v) is 5.34. The van der Waals surface area contributed by atoms with Gasteiger partial charge in [0.05, 0.1) is 0 Å². The van der Waals surface area contributed by atoms with Crippen molar-refractivity contribution in [3.8, 4) is 0 Å². The van der Waals surface area contributed by atoms with Gasteiger partial charge in [0, 0.05) is 34.4 Å². The van der Waals surface area contributed by atoms with E-state index in [2.05, 4.69) is 0 Å². The van der Waals surface area contributed by atoms with Gasteiger partial charge in [-0.3, -0.25) is 0 Å². The van der Waals surface area contributed by atoms with Gasteiger partial charge in [-0.1, -0.05) is 24.3 Å². The zero-order chi connectivity index (χ0) is 21.7. The summed E-state index contributed by atoms with van der Waals surface area (Å²) >= 11 is 0. The molecule has 0 aromatic heterocycles. The predicted molar refractivity (Wildman–Crippen MR) is 107 cm³/mol. The molecular formula is C24H26F4N2+2. The van der Waals surface area contributed by atoms with Crippen LogP contribution in [0, 0.1) is 23.3 Å². The third-order valence-electron chi connectivity index (χ3n) is 5.34. The van der Waals surface area contributed by atoms with Crippen molar-refractivity contribution in [3.05, 3.63) is 106 Å². The number of halogens is 4. The summed E-state index contributed by atoms with van der Waals surface area (Å²) in [5.41, 5.74) is 3.13. The fraction of sp³-hybridized carbons (Fsp3) is 0.250. The second-order valence-electron chi connectivity index (χ2n) is 7.61. The minimum Gasteiger partial charge on any atom is -0.336 e. The van der Waals surface area contributed by atoms with Gasteiger partial charge in [0.15, 0.2) is 0 Å². The van der Waals surface area contributed by atoms with Crippen molar-refractivity contribution >= 4 is 0 Å². The van der Waals surface area contributed by atoms with Crippen LogP contribution in [0.3, 0.4) is 0 Å². The Labute approximate surface area is 173 Å². The number of hydrogen-bond acceptors (Lipinski definition) is 0. The summed E-state index contributed by atoms with van der Waals surface area (Å²) in [5, 5.41) is 3.99. The van der Waals surface area contributed by atoms with E-state index in [9.17, 15) is 17.6 Å². The molecule has 158 valence electrons. The summed E-state index contributed by atoms with van der Waals surface area (Å²) < 4.78 is 53.9. The van der Waals surface area contributed by atoms with E-state index in [1.54, 1.807) is 0 Å². The Morgan fingerprint density at radius 3 is 1.30 bits per heavy atom. The molecule has 3 rings (SSSR count). The quantitative estimate of drug-likeness (QED) is 0.521. The molecular weight excluding hydrogens is 392 g/mol. The Kier molecular flexibility index (Phi) is 7.24. The van der Waals surface area contributed by atoms with E-state index in [1.165, 1.54) is 24.3 Å². The highest BCUT2D eigenvalue weighted by molar-refractivity contribution is 5.23. The van der Waals surface area contributed by atoms with Crippen molar-refractivity contribution < 1.29 is 28.2 Å². The molecule has 0 amide bonds. The molecule has 6 heteroatoms. The van der Waals surface area contributed by atoms with Gasteiger partial charge in [-0.25, -0.2) is 17.6 Å². The van der Waals surface area contributed by atoms with E-state index in [-0.39, 0.29) is 12.1 Å². The van der Waals surface area contributed by atoms with Crippen molar-refractivity contribution in [2.24, 2.45) is 0 Å². The molecule has 0 aliphatic carbocycles. The van der Waals surface area contributed by atoms with Crippen LogP contribution >= 0.6 is 0 Å². The lowest BCUT2D eigenvalue weighted by Gasteiger charge is -2.13.